The number of amides is 2. The number of ether oxygens (including phenoxy) is 1. The normalized spacial score (nSPS) is 14.6. The molecule has 0 bridgehead atoms. The molecular weight excluding hydrogens is 437 g/mol. The number of esters is 1. The van der Waals surface area contributed by atoms with Gasteiger partial charge in [-0.25, -0.2) is 0 Å². The van der Waals surface area contributed by atoms with Crippen molar-refractivity contribution >= 4 is 23.5 Å². The lowest BCUT2D eigenvalue weighted by Crippen LogP contribution is -2.41. The average Bonchev–Trinajstić information content (AvgIpc) is 2.79. The van der Waals surface area contributed by atoms with Gasteiger partial charge in [0, 0.05) is 24.3 Å². The van der Waals surface area contributed by atoms with Gasteiger partial charge in [-0.2, -0.15) is 13.2 Å². The first kappa shape index (κ1) is 24.3. The van der Waals surface area contributed by atoms with Crippen molar-refractivity contribution in [3.05, 3.63) is 64.7 Å². The number of hydrogen-bond acceptors (Lipinski definition) is 4. The highest BCUT2D eigenvalue weighted by molar-refractivity contribution is 5.95. The van der Waals surface area contributed by atoms with E-state index in [2.05, 4.69) is 5.32 Å². The smallest absolute Gasteiger partial charge is 0.416 e. The summed E-state index contributed by atoms with van der Waals surface area (Å²) < 4.78 is 43.2. The Morgan fingerprint density at radius 3 is 2.27 bits per heavy atom. The van der Waals surface area contributed by atoms with E-state index < -0.39 is 36.1 Å². The molecule has 1 aliphatic rings. The summed E-state index contributed by atoms with van der Waals surface area (Å²) in [4.78, 5) is 38.5. The number of carbonyl (C=O) groups is 3. The Morgan fingerprint density at radius 1 is 1.03 bits per heavy atom. The summed E-state index contributed by atoms with van der Waals surface area (Å²) in [5.41, 5.74) is 1.96. The van der Waals surface area contributed by atoms with Crippen molar-refractivity contribution < 1.29 is 32.3 Å². The molecule has 1 aliphatic heterocycles. The van der Waals surface area contributed by atoms with Gasteiger partial charge >= 0.3 is 12.1 Å². The van der Waals surface area contributed by atoms with Crippen LogP contribution in [0, 0.1) is 19.8 Å². The summed E-state index contributed by atoms with van der Waals surface area (Å²) in [6, 6.07) is 9.58. The summed E-state index contributed by atoms with van der Waals surface area (Å²) in [7, 11) is 0. The monoisotopic (exact) mass is 462 g/mol. The lowest BCUT2D eigenvalue weighted by Gasteiger charge is -2.31. The summed E-state index contributed by atoms with van der Waals surface area (Å²) >= 11 is 0. The van der Waals surface area contributed by atoms with E-state index in [-0.39, 0.29) is 24.6 Å². The molecule has 0 radical (unpaired) electrons. The molecule has 1 heterocycles. The van der Waals surface area contributed by atoms with Crippen LogP contribution >= 0.6 is 0 Å². The molecule has 0 aliphatic carbocycles. The Labute approximate surface area is 189 Å². The minimum absolute atomic E-state index is 0.159. The molecule has 0 spiro atoms. The molecule has 1 fully saturated rings. The van der Waals surface area contributed by atoms with Gasteiger partial charge in [-0.05, 0) is 68.1 Å². The van der Waals surface area contributed by atoms with Gasteiger partial charge in [0.2, 0.25) is 0 Å². The van der Waals surface area contributed by atoms with Gasteiger partial charge in [0.05, 0.1) is 11.5 Å². The fourth-order valence-corrected chi connectivity index (χ4v) is 3.63. The number of rotatable bonds is 5. The third-order valence-electron chi connectivity index (χ3n) is 5.80. The highest BCUT2D eigenvalue weighted by Gasteiger charge is 2.32. The molecule has 0 saturated carbocycles. The lowest BCUT2D eigenvalue weighted by atomic mass is 9.96. The number of piperidine rings is 1. The van der Waals surface area contributed by atoms with E-state index in [9.17, 15) is 27.6 Å². The van der Waals surface area contributed by atoms with E-state index in [1.807, 2.05) is 26.0 Å². The maximum atomic E-state index is 12.7. The van der Waals surface area contributed by atoms with Gasteiger partial charge in [-0.1, -0.05) is 12.1 Å². The van der Waals surface area contributed by atoms with Crippen molar-refractivity contribution in [3.63, 3.8) is 0 Å². The minimum atomic E-state index is -4.46. The summed E-state index contributed by atoms with van der Waals surface area (Å²) in [5.74, 6) is -1.78. The molecule has 2 amide bonds. The number of benzene rings is 2. The maximum Gasteiger partial charge on any atom is 0.416 e. The zero-order chi connectivity index (χ0) is 24.2. The average molecular weight is 462 g/mol. The maximum absolute atomic E-state index is 12.7. The van der Waals surface area contributed by atoms with E-state index >= 15 is 0 Å². The van der Waals surface area contributed by atoms with Crippen LogP contribution in [0.15, 0.2) is 42.5 Å². The number of hydrogen-bond donors (Lipinski definition) is 1. The van der Waals surface area contributed by atoms with Crippen molar-refractivity contribution in [2.45, 2.75) is 32.9 Å². The Kier molecular flexibility index (Phi) is 7.40. The van der Waals surface area contributed by atoms with Crippen LogP contribution in [0.3, 0.4) is 0 Å². The van der Waals surface area contributed by atoms with Crippen molar-refractivity contribution in [2.75, 3.05) is 25.0 Å². The van der Waals surface area contributed by atoms with E-state index in [0.717, 1.165) is 35.4 Å². The van der Waals surface area contributed by atoms with Crippen molar-refractivity contribution in [3.8, 4) is 0 Å². The van der Waals surface area contributed by atoms with Crippen LogP contribution in [-0.2, 0) is 20.5 Å². The number of nitrogens with one attached hydrogen (secondary N) is 1. The van der Waals surface area contributed by atoms with Gasteiger partial charge in [0.15, 0.2) is 6.61 Å². The molecule has 33 heavy (non-hydrogen) atoms. The molecule has 2 aromatic carbocycles. The first-order valence-electron chi connectivity index (χ1n) is 10.6. The second-order valence-corrected chi connectivity index (χ2v) is 8.04. The first-order valence-corrected chi connectivity index (χ1v) is 10.6. The fraction of sp³-hybridized carbons (Fsp3) is 0.375. The Balaban J connectivity index is 1.46. The standard InChI is InChI=1S/C24H25F3N2O4/c1-15-4-3-5-20(16(15)2)28-21(30)14-33-23(32)18-10-12-29(13-11-18)22(31)17-6-8-19(9-7-17)24(25,26)27/h3-9,18H,10-14H2,1-2H3,(H,28,30). The second kappa shape index (κ2) is 10.1. The number of likely N-dealkylation sites (tertiary alicyclic amines) is 1. The number of nitrogens with zero attached hydrogens (tertiary/aromatic N) is 1. The first-order chi connectivity index (χ1) is 15.6. The zero-order valence-electron chi connectivity index (χ0n) is 18.4. The van der Waals surface area contributed by atoms with Gasteiger partial charge in [-0.3, -0.25) is 14.4 Å². The highest BCUT2D eigenvalue weighted by atomic mass is 19.4. The largest absolute Gasteiger partial charge is 0.455 e. The van der Waals surface area contributed by atoms with Gasteiger partial charge in [-0.15, -0.1) is 0 Å². The highest BCUT2D eigenvalue weighted by Crippen LogP contribution is 2.29. The Morgan fingerprint density at radius 2 is 1.67 bits per heavy atom. The van der Waals surface area contributed by atoms with E-state index in [1.54, 1.807) is 6.07 Å². The molecule has 0 unspecified atom stereocenters. The number of carbonyl (C=O) groups excluding carboxylic acids is 3. The van der Waals surface area contributed by atoms with E-state index in [1.165, 1.54) is 4.90 Å². The third-order valence-corrected chi connectivity index (χ3v) is 5.80. The van der Waals surface area contributed by atoms with Crippen LogP contribution in [0.2, 0.25) is 0 Å². The van der Waals surface area contributed by atoms with Crippen LogP contribution in [-0.4, -0.2) is 42.4 Å². The van der Waals surface area contributed by atoms with Crippen LogP contribution < -0.4 is 5.32 Å². The molecule has 0 aromatic heterocycles. The van der Waals surface area contributed by atoms with Crippen LogP contribution in [0.25, 0.3) is 0 Å². The summed E-state index contributed by atoms with van der Waals surface area (Å²) in [6.07, 6.45) is -3.76. The molecule has 2 aromatic rings. The van der Waals surface area contributed by atoms with Gasteiger partial charge in [0.1, 0.15) is 0 Å². The Bertz CT molecular complexity index is 1030. The molecule has 1 N–H and O–H groups in total. The molecule has 176 valence electrons. The number of anilines is 1. The van der Waals surface area contributed by atoms with Gasteiger partial charge < -0.3 is 15.0 Å². The predicted molar refractivity (Wildman–Crippen MR) is 116 cm³/mol. The van der Waals surface area contributed by atoms with Crippen molar-refractivity contribution in [1.82, 2.24) is 4.90 Å². The van der Waals surface area contributed by atoms with E-state index in [4.69, 9.17) is 4.74 Å². The Hall–Kier alpha value is -3.36. The second-order valence-electron chi connectivity index (χ2n) is 8.04. The topological polar surface area (TPSA) is 75.7 Å². The third kappa shape index (κ3) is 6.12. The summed E-state index contributed by atoms with van der Waals surface area (Å²) in [6.45, 7) is 3.95. The number of alkyl halides is 3. The predicted octanol–water partition coefficient (Wildman–Crippen LogP) is 4.36. The molecule has 9 heteroatoms. The molecule has 0 atom stereocenters. The summed E-state index contributed by atoms with van der Waals surface area (Å²) in [5, 5.41) is 2.72. The van der Waals surface area contributed by atoms with Gasteiger partial charge in [0.25, 0.3) is 11.8 Å². The van der Waals surface area contributed by atoms with Crippen molar-refractivity contribution in [2.24, 2.45) is 5.92 Å². The number of aryl methyl sites for hydroxylation is 1. The fourth-order valence-electron chi connectivity index (χ4n) is 3.63. The van der Waals surface area contributed by atoms with Crippen LogP contribution in [0.1, 0.15) is 39.9 Å². The number of halogens is 3. The SMILES string of the molecule is Cc1cccc(NC(=O)COC(=O)C2CCN(C(=O)c3ccc(C(F)(F)F)cc3)CC2)c1C. The lowest BCUT2D eigenvalue weighted by molar-refractivity contribution is -0.152. The molecule has 6 nitrogen and oxygen atoms in total. The van der Waals surface area contributed by atoms with Crippen LogP contribution in [0.4, 0.5) is 18.9 Å². The zero-order valence-corrected chi connectivity index (χ0v) is 18.4. The van der Waals surface area contributed by atoms with Crippen LogP contribution in [0.5, 0.6) is 0 Å². The van der Waals surface area contributed by atoms with Crippen molar-refractivity contribution in [1.29, 1.82) is 0 Å². The molecule has 3 rings (SSSR count). The minimum Gasteiger partial charge on any atom is -0.455 e. The quantitative estimate of drug-likeness (QED) is 0.671. The molecular formula is C24H25F3N2O4. The van der Waals surface area contributed by atoms with E-state index in [0.29, 0.717) is 18.5 Å². The molecule has 1 saturated heterocycles.